The van der Waals surface area contributed by atoms with Crippen molar-refractivity contribution in [2.75, 3.05) is 24.6 Å². The first-order chi connectivity index (χ1) is 17.2. The molecule has 5 rings (SSSR count). The second-order valence-corrected chi connectivity index (χ2v) is 9.33. The second-order valence-electron chi connectivity index (χ2n) is 8.89. The maximum Gasteiger partial charge on any atom is 0.418 e. The van der Waals surface area contributed by atoms with Gasteiger partial charge in [-0.15, -0.1) is 0 Å². The van der Waals surface area contributed by atoms with E-state index < -0.39 is 17.2 Å². The topological polar surface area (TPSA) is 67.4 Å². The number of hydrogen-bond acceptors (Lipinski definition) is 5. The highest BCUT2D eigenvalue weighted by molar-refractivity contribution is 6.30. The molecular formula is C26H24ClF3N4O2. The highest BCUT2D eigenvalue weighted by atomic mass is 35.5. The van der Waals surface area contributed by atoms with Crippen LogP contribution in [-0.4, -0.2) is 35.6 Å². The van der Waals surface area contributed by atoms with Crippen LogP contribution >= 0.6 is 11.6 Å². The van der Waals surface area contributed by atoms with Crippen LogP contribution in [0.2, 0.25) is 5.02 Å². The SMILES string of the molecule is CCOc1ncccc1-c1ccc2c(n1)CNC(=O)C21CCN(c2ccc(Cl)cc2C(F)(F)F)CC1. The number of carbonyl (C=O) groups is 1. The van der Waals surface area contributed by atoms with Gasteiger partial charge in [-0.3, -0.25) is 9.78 Å². The number of hydrogen-bond donors (Lipinski definition) is 1. The van der Waals surface area contributed by atoms with Crippen LogP contribution < -0.4 is 15.0 Å². The molecule has 1 N–H and O–H groups in total. The Morgan fingerprint density at radius 2 is 1.94 bits per heavy atom. The van der Waals surface area contributed by atoms with Crippen LogP contribution in [-0.2, 0) is 22.9 Å². The predicted molar refractivity (Wildman–Crippen MR) is 130 cm³/mol. The van der Waals surface area contributed by atoms with Crippen molar-refractivity contribution >= 4 is 23.2 Å². The molecule has 6 nitrogen and oxygen atoms in total. The smallest absolute Gasteiger partial charge is 0.418 e. The first kappa shape index (κ1) is 24.4. The van der Waals surface area contributed by atoms with E-state index in [0.717, 1.165) is 22.9 Å². The molecule has 0 aliphatic carbocycles. The van der Waals surface area contributed by atoms with Crippen molar-refractivity contribution in [1.29, 1.82) is 0 Å². The van der Waals surface area contributed by atoms with Gasteiger partial charge in [0.15, 0.2) is 0 Å². The number of benzene rings is 1. The highest BCUT2D eigenvalue weighted by Crippen LogP contribution is 2.44. The van der Waals surface area contributed by atoms with E-state index in [-0.39, 0.29) is 36.3 Å². The molecule has 4 heterocycles. The summed E-state index contributed by atoms with van der Waals surface area (Å²) in [5, 5.41) is 2.98. The molecule has 2 aliphatic rings. The van der Waals surface area contributed by atoms with Gasteiger partial charge in [0, 0.05) is 30.0 Å². The van der Waals surface area contributed by atoms with Crippen LogP contribution in [0.25, 0.3) is 11.3 Å². The third-order valence-electron chi connectivity index (χ3n) is 6.89. The predicted octanol–water partition coefficient (Wildman–Crippen LogP) is 5.38. The molecule has 2 aromatic heterocycles. The summed E-state index contributed by atoms with van der Waals surface area (Å²) in [7, 11) is 0. The number of anilines is 1. The van der Waals surface area contributed by atoms with E-state index in [1.807, 2.05) is 31.2 Å². The molecular weight excluding hydrogens is 493 g/mol. The van der Waals surface area contributed by atoms with Crippen LogP contribution in [0.1, 0.15) is 36.6 Å². The van der Waals surface area contributed by atoms with Gasteiger partial charge in [-0.25, -0.2) is 4.98 Å². The summed E-state index contributed by atoms with van der Waals surface area (Å²) in [6, 6.07) is 11.3. The lowest BCUT2D eigenvalue weighted by Crippen LogP contribution is -2.55. The summed E-state index contributed by atoms with van der Waals surface area (Å²) in [5.41, 5.74) is 1.46. The molecule has 0 radical (unpaired) electrons. The lowest BCUT2D eigenvalue weighted by Gasteiger charge is -2.44. The Labute approximate surface area is 211 Å². The number of ether oxygens (including phenoxy) is 1. The quantitative estimate of drug-likeness (QED) is 0.504. The van der Waals surface area contributed by atoms with Crippen molar-refractivity contribution in [1.82, 2.24) is 15.3 Å². The molecule has 36 heavy (non-hydrogen) atoms. The van der Waals surface area contributed by atoms with Crippen LogP contribution in [0.4, 0.5) is 18.9 Å². The molecule has 1 aromatic carbocycles. The maximum atomic E-state index is 13.7. The number of aromatic nitrogens is 2. The normalized spacial score (nSPS) is 17.0. The molecule has 1 fully saturated rings. The van der Waals surface area contributed by atoms with E-state index in [9.17, 15) is 18.0 Å². The summed E-state index contributed by atoms with van der Waals surface area (Å²) in [6.45, 7) is 3.21. The van der Waals surface area contributed by atoms with Crippen LogP contribution in [0.15, 0.2) is 48.7 Å². The summed E-state index contributed by atoms with van der Waals surface area (Å²) in [4.78, 5) is 24.0. The van der Waals surface area contributed by atoms with Gasteiger partial charge in [0.05, 0.1) is 41.1 Å². The fraction of sp³-hybridized carbons (Fsp3) is 0.346. The Hall–Kier alpha value is -3.33. The molecule has 0 unspecified atom stereocenters. The highest BCUT2D eigenvalue weighted by Gasteiger charge is 2.47. The standard InChI is InChI=1S/C26H24ClF3N4O2/c1-2-36-23-17(4-3-11-31-23)20-7-6-18-21(33-20)15-32-24(35)25(18)9-12-34(13-10-25)22-8-5-16(27)14-19(22)26(28,29)30/h3-8,11,14H,2,9-10,12-13,15H2,1H3,(H,32,35). The first-order valence-corrected chi connectivity index (χ1v) is 12.1. The number of pyridine rings is 2. The summed E-state index contributed by atoms with van der Waals surface area (Å²) in [5.74, 6) is 0.367. The number of piperidine rings is 1. The second kappa shape index (κ2) is 9.28. The zero-order valence-electron chi connectivity index (χ0n) is 19.5. The molecule has 3 aromatic rings. The fourth-order valence-electron chi connectivity index (χ4n) is 5.15. The minimum Gasteiger partial charge on any atom is -0.477 e. The zero-order valence-corrected chi connectivity index (χ0v) is 20.3. The Kier molecular flexibility index (Phi) is 6.28. The minimum atomic E-state index is -4.53. The van der Waals surface area contributed by atoms with Gasteiger partial charge >= 0.3 is 6.18 Å². The van der Waals surface area contributed by atoms with Crippen LogP contribution in [0, 0.1) is 0 Å². The largest absolute Gasteiger partial charge is 0.477 e. The monoisotopic (exact) mass is 516 g/mol. The summed E-state index contributed by atoms with van der Waals surface area (Å²) >= 11 is 5.85. The molecule has 0 bridgehead atoms. The Morgan fingerprint density at radius 1 is 1.17 bits per heavy atom. The van der Waals surface area contributed by atoms with Gasteiger partial charge in [-0.1, -0.05) is 17.7 Å². The first-order valence-electron chi connectivity index (χ1n) is 11.7. The van der Waals surface area contributed by atoms with E-state index in [1.165, 1.54) is 12.1 Å². The summed E-state index contributed by atoms with van der Waals surface area (Å²) in [6.07, 6.45) is -2.15. The molecule has 0 saturated carbocycles. The fourth-order valence-corrected chi connectivity index (χ4v) is 5.32. The minimum absolute atomic E-state index is 0.0307. The van der Waals surface area contributed by atoms with Crippen molar-refractivity contribution in [2.45, 2.75) is 37.9 Å². The number of carbonyl (C=O) groups excluding carboxylic acids is 1. The van der Waals surface area contributed by atoms with Crippen molar-refractivity contribution in [3.8, 4) is 17.1 Å². The van der Waals surface area contributed by atoms with E-state index in [4.69, 9.17) is 21.3 Å². The van der Waals surface area contributed by atoms with E-state index in [0.29, 0.717) is 31.0 Å². The average Bonchev–Trinajstić information content (AvgIpc) is 2.87. The molecule has 1 spiro atoms. The molecule has 0 atom stereocenters. The van der Waals surface area contributed by atoms with E-state index in [2.05, 4.69) is 10.3 Å². The molecule has 10 heteroatoms. The van der Waals surface area contributed by atoms with Gasteiger partial charge in [-0.2, -0.15) is 13.2 Å². The number of nitrogens with zero attached hydrogens (tertiary/aromatic N) is 3. The van der Waals surface area contributed by atoms with Gasteiger partial charge < -0.3 is 15.0 Å². The number of fused-ring (bicyclic) bond motifs is 2. The number of halogens is 4. The molecule has 188 valence electrons. The number of rotatable bonds is 4. The Balaban J connectivity index is 1.45. The van der Waals surface area contributed by atoms with Gasteiger partial charge in [0.25, 0.3) is 0 Å². The van der Waals surface area contributed by atoms with Crippen LogP contribution in [0.3, 0.4) is 0 Å². The Morgan fingerprint density at radius 3 is 2.67 bits per heavy atom. The van der Waals surface area contributed by atoms with Crippen molar-refractivity contribution in [3.05, 3.63) is 70.5 Å². The van der Waals surface area contributed by atoms with Gasteiger partial charge in [0.1, 0.15) is 0 Å². The average molecular weight is 517 g/mol. The number of nitrogens with one attached hydrogen (secondary N) is 1. The van der Waals surface area contributed by atoms with E-state index >= 15 is 0 Å². The van der Waals surface area contributed by atoms with Gasteiger partial charge in [0.2, 0.25) is 11.8 Å². The molecule has 1 amide bonds. The number of alkyl halides is 3. The third-order valence-corrected chi connectivity index (χ3v) is 7.13. The van der Waals surface area contributed by atoms with Crippen molar-refractivity contribution in [3.63, 3.8) is 0 Å². The van der Waals surface area contributed by atoms with E-state index in [1.54, 1.807) is 11.1 Å². The summed E-state index contributed by atoms with van der Waals surface area (Å²) < 4.78 is 46.7. The third kappa shape index (κ3) is 4.25. The van der Waals surface area contributed by atoms with Crippen LogP contribution in [0.5, 0.6) is 5.88 Å². The maximum absolute atomic E-state index is 13.7. The molecule has 2 aliphatic heterocycles. The van der Waals surface area contributed by atoms with Crippen molar-refractivity contribution in [2.24, 2.45) is 0 Å². The van der Waals surface area contributed by atoms with Gasteiger partial charge in [-0.05, 0) is 61.7 Å². The Bertz CT molecular complexity index is 1310. The van der Waals surface area contributed by atoms with Crippen molar-refractivity contribution < 1.29 is 22.7 Å². The molecule has 1 saturated heterocycles. The lowest BCUT2D eigenvalue weighted by molar-refractivity contribution is -0.137. The zero-order chi connectivity index (χ0) is 25.5. The number of amides is 1. The lowest BCUT2D eigenvalue weighted by atomic mass is 9.69.